The van der Waals surface area contributed by atoms with Crippen molar-refractivity contribution in [1.82, 2.24) is 9.55 Å². The highest BCUT2D eigenvalue weighted by atomic mass is 16.3. The van der Waals surface area contributed by atoms with Crippen LogP contribution in [-0.4, -0.2) is 14.7 Å². The van der Waals surface area contributed by atoms with Crippen LogP contribution < -0.4 is 0 Å². The van der Waals surface area contributed by atoms with E-state index in [0.717, 1.165) is 18.7 Å². The molecule has 1 heterocycles. The molecule has 0 aliphatic heterocycles. The van der Waals surface area contributed by atoms with Crippen molar-refractivity contribution in [1.29, 1.82) is 0 Å². The molecule has 0 amide bonds. The number of imidazole rings is 1. The second kappa shape index (κ2) is 2.94. The fourth-order valence-corrected chi connectivity index (χ4v) is 4.53. The summed E-state index contributed by atoms with van der Waals surface area (Å²) >= 11 is 0. The van der Waals surface area contributed by atoms with Gasteiger partial charge >= 0.3 is 0 Å². The molecule has 2 fully saturated rings. The first-order valence-electron chi connectivity index (χ1n) is 6.53. The van der Waals surface area contributed by atoms with Crippen LogP contribution in [0.1, 0.15) is 45.9 Å². The molecule has 3 atom stereocenters. The number of fused-ring (bicyclic) bond motifs is 2. The molecule has 1 aromatic heterocycles. The van der Waals surface area contributed by atoms with E-state index in [9.17, 15) is 5.11 Å². The SMILES string of the molecule is Cn1ccnc1[C@]1(O)C(C)(C)[C@H]2CC[C@]1(C)C2. The third kappa shape index (κ3) is 1.05. The number of aliphatic hydroxyl groups is 1. The summed E-state index contributed by atoms with van der Waals surface area (Å²) in [5, 5.41) is 11.4. The fourth-order valence-electron chi connectivity index (χ4n) is 4.53. The van der Waals surface area contributed by atoms with Gasteiger partial charge in [-0.05, 0) is 25.2 Å². The summed E-state index contributed by atoms with van der Waals surface area (Å²) in [7, 11) is 1.98. The first-order valence-corrected chi connectivity index (χ1v) is 6.53. The van der Waals surface area contributed by atoms with Crippen LogP contribution in [0.3, 0.4) is 0 Å². The third-order valence-corrected chi connectivity index (χ3v) is 5.71. The summed E-state index contributed by atoms with van der Waals surface area (Å²) in [5.74, 6) is 1.46. The lowest BCUT2D eigenvalue weighted by molar-refractivity contribution is -0.158. The Labute approximate surface area is 103 Å². The van der Waals surface area contributed by atoms with Crippen LogP contribution in [0.5, 0.6) is 0 Å². The predicted octanol–water partition coefficient (Wildman–Crippen LogP) is 2.45. The number of hydrogen-bond acceptors (Lipinski definition) is 2. The second-order valence-corrected chi connectivity index (χ2v) is 6.79. The largest absolute Gasteiger partial charge is 0.381 e. The van der Waals surface area contributed by atoms with Crippen LogP contribution in [0.15, 0.2) is 12.4 Å². The molecule has 0 spiro atoms. The molecule has 1 aromatic rings. The van der Waals surface area contributed by atoms with Gasteiger partial charge in [0.25, 0.3) is 0 Å². The molecule has 17 heavy (non-hydrogen) atoms. The van der Waals surface area contributed by atoms with Crippen molar-refractivity contribution >= 4 is 0 Å². The summed E-state index contributed by atoms with van der Waals surface area (Å²) in [6.45, 7) is 6.64. The van der Waals surface area contributed by atoms with Gasteiger partial charge in [0.2, 0.25) is 0 Å². The first kappa shape index (κ1) is 11.3. The van der Waals surface area contributed by atoms with E-state index >= 15 is 0 Å². The Bertz CT molecular complexity index is 458. The van der Waals surface area contributed by atoms with Gasteiger partial charge in [-0.1, -0.05) is 20.8 Å². The van der Waals surface area contributed by atoms with Crippen molar-refractivity contribution < 1.29 is 5.11 Å². The first-order chi connectivity index (χ1) is 7.83. The van der Waals surface area contributed by atoms with Gasteiger partial charge in [0.15, 0.2) is 0 Å². The fraction of sp³-hybridized carbons (Fsp3) is 0.786. The maximum absolute atomic E-state index is 11.4. The Hall–Kier alpha value is -0.830. The molecule has 0 unspecified atom stereocenters. The number of hydrogen-bond donors (Lipinski definition) is 1. The zero-order valence-electron chi connectivity index (χ0n) is 11.2. The summed E-state index contributed by atoms with van der Waals surface area (Å²) in [4.78, 5) is 4.44. The van der Waals surface area contributed by atoms with Gasteiger partial charge in [-0.3, -0.25) is 0 Å². The van der Waals surface area contributed by atoms with Gasteiger partial charge in [0, 0.05) is 30.3 Å². The van der Waals surface area contributed by atoms with Crippen molar-refractivity contribution in [2.75, 3.05) is 0 Å². The van der Waals surface area contributed by atoms with Crippen LogP contribution in [0.4, 0.5) is 0 Å². The standard InChI is InChI=1S/C14H22N2O/c1-12(2)10-5-6-13(3,9-10)14(12,17)11-15-7-8-16(11)4/h7-8,10,17H,5-6,9H2,1-4H3/t10-,13+,14-/m0/s1. The molecule has 0 radical (unpaired) electrons. The minimum absolute atomic E-state index is 0.0136. The van der Waals surface area contributed by atoms with E-state index in [1.807, 2.05) is 17.8 Å². The highest BCUT2D eigenvalue weighted by Gasteiger charge is 2.70. The lowest BCUT2D eigenvalue weighted by atomic mass is 9.60. The maximum atomic E-state index is 11.4. The van der Waals surface area contributed by atoms with Crippen molar-refractivity contribution in [2.45, 2.75) is 45.6 Å². The Kier molecular flexibility index (Phi) is 1.95. The van der Waals surface area contributed by atoms with Gasteiger partial charge in [0.1, 0.15) is 11.4 Å². The summed E-state index contributed by atoms with van der Waals surface area (Å²) in [5.41, 5.74) is -0.888. The minimum Gasteiger partial charge on any atom is -0.381 e. The summed E-state index contributed by atoms with van der Waals surface area (Å²) in [6.07, 6.45) is 7.21. The van der Waals surface area contributed by atoms with Crippen molar-refractivity contribution in [3.05, 3.63) is 18.2 Å². The average molecular weight is 234 g/mol. The monoisotopic (exact) mass is 234 g/mol. The van der Waals surface area contributed by atoms with Crippen LogP contribution in [-0.2, 0) is 12.6 Å². The third-order valence-electron chi connectivity index (χ3n) is 5.71. The summed E-state index contributed by atoms with van der Waals surface area (Å²) in [6, 6.07) is 0. The molecule has 1 N–H and O–H groups in total. The van der Waals surface area contributed by atoms with Gasteiger partial charge in [-0.2, -0.15) is 0 Å². The zero-order chi connectivity index (χ0) is 12.5. The molecular formula is C14H22N2O. The molecule has 2 aliphatic rings. The van der Waals surface area contributed by atoms with Crippen molar-refractivity contribution in [3.63, 3.8) is 0 Å². The molecule has 94 valence electrons. The van der Waals surface area contributed by atoms with E-state index in [1.165, 1.54) is 6.42 Å². The molecule has 2 bridgehead atoms. The molecular weight excluding hydrogens is 212 g/mol. The molecule has 2 aliphatic carbocycles. The van der Waals surface area contributed by atoms with Crippen molar-refractivity contribution in [2.24, 2.45) is 23.8 Å². The number of aromatic nitrogens is 2. The average Bonchev–Trinajstić information content (AvgIpc) is 2.86. The molecule has 2 saturated carbocycles. The van der Waals surface area contributed by atoms with Gasteiger partial charge in [-0.15, -0.1) is 0 Å². The van der Waals surface area contributed by atoms with Crippen LogP contribution in [0.25, 0.3) is 0 Å². The van der Waals surface area contributed by atoms with Crippen LogP contribution >= 0.6 is 0 Å². The highest BCUT2D eigenvalue weighted by molar-refractivity contribution is 5.25. The number of nitrogens with zero attached hydrogens (tertiary/aromatic N) is 2. The van der Waals surface area contributed by atoms with E-state index < -0.39 is 5.60 Å². The quantitative estimate of drug-likeness (QED) is 0.810. The smallest absolute Gasteiger partial charge is 0.141 e. The van der Waals surface area contributed by atoms with E-state index in [1.54, 1.807) is 6.20 Å². The topological polar surface area (TPSA) is 38.0 Å². The molecule has 0 aromatic carbocycles. The molecule has 3 heteroatoms. The number of aryl methyl sites for hydroxylation is 1. The van der Waals surface area contributed by atoms with Gasteiger partial charge in [-0.25, -0.2) is 4.98 Å². The minimum atomic E-state index is -0.791. The summed E-state index contributed by atoms with van der Waals surface area (Å²) < 4.78 is 1.98. The lowest BCUT2D eigenvalue weighted by Crippen LogP contribution is -2.52. The lowest BCUT2D eigenvalue weighted by Gasteiger charge is -2.49. The molecule has 3 rings (SSSR count). The predicted molar refractivity (Wildman–Crippen MR) is 66.3 cm³/mol. The molecule has 3 nitrogen and oxygen atoms in total. The Morgan fingerprint density at radius 1 is 1.41 bits per heavy atom. The van der Waals surface area contributed by atoms with E-state index in [0.29, 0.717) is 5.92 Å². The second-order valence-electron chi connectivity index (χ2n) is 6.79. The highest BCUT2D eigenvalue weighted by Crippen LogP contribution is 2.71. The van der Waals surface area contributed by atoms with Crippen LogP contribution in [0.2, 0.25) is 0 Å². The Morgan fingerprint density at radius 2 is 2.12 bits per heavy atom. The molecule has 0 saturated heterocycles. The van der Waals surface area contributed by atoms with E-state index in [2.05, 4.69) is 25.8 Å². The maximum Gasteiger partial charge on any atom is 0.141 e. The number of rotatable bonds is 1. The van der Waals surface area contributed by atoms with Crippen molar-refractivity contribution in [3.8, 4) is 0 Å². The van der Waals surface area contributed by atoms with Gasteiger partial charge < -0.3 is 9.67 Å². The zero-order valence-corrected chi connectivity index (χ0v) is 11.2. The van der Waals surface area contributed by atoms with Crippen LogP contribution in [0, 0.1) is 16.7 Å². The normalized spacial score (nSPS) is 43.2. The van der Waals surface area contributed by atoms with E-state index in [4.69, 9.17) is 0 Å². The Balaban J connectivity index is 2.21. The Morgan fingerprint density at radius 3 is 2.59 bits per heavy atom. The van der Waals surface area contributed by atoms with Gasteiger partial charge in [0.05, 0.1) is 0 Å². The van der Waals surface area contributed by atoms with E-state index in [-0.39, 0.29) is 10.8 Å².